The predicted octanol–water partition coefficient (Wildman–Crippen LogP) is 1.78. The van der Waals surface area contributed by atoms with E-state index >= 15 is 0 Å². The summed E-state index contributed by atoms with van der Waals surface area (Å²) in [5.41, 5.74) is 0.398. The highest BCUT2D eigenvalue weighted by molar-refractivity contribution is 5.84. The molecule has 21 heavy (non-hydrogen) atoms. The lowest BCUT2D eigenvalue weighted by molar-refractivity contribution is -0.137. The number of nitrogens with zero attached hydrogens (tertiary/aromatic N) is 1. The molecule has 0 radical (unpaired) electrons. The van der Waals surface area contributed by atoms with E-state index in [0.29, 0.717) is 5.69 Å². The average molecular weight is 294 g/mol. The Kier molecular flexibility index (Phi) is 5.14. The molecule has 2 rings (SSSR count). The predicted molar refractivity (Wildman–Crippen MR) is 76.6 cm³/mol. The SMILES string of the molecule is O=C(O)CNC(=O)CN(c1ccccc1F)C1CCCC1. The topological polar surface area (TPSA) is 69.6 Å². The molecule has 0 aromatic heterocycles. The minimum atomic E-state index is -1.10. The minimum Gasteiger partial charge on any atom is -0.480 e. The lowest BCUT2D eigenvalue weighted by atomic mass is 10.1. The number of hydrogen-bond acceptors (Lipinski definition) is 3. The van der Waals surface area contributed by atoms with Gasteiger partial charge in [0.1, 0.15) is 12.4 Å². The third-order valence-corrected chi connectivity index (χ3v) is 3.68. The molecule has 1 aromatic carbocycles. The van der Waals surface area contributed by atoms with Gasteiger partial charge in [-0.3, -0.25) is 9.59 Å². The molecule has 1 aliphatic rings. The van der Waals surface area contributed by atoms with Crippen LogP contribution in [0.5, 0.6) is 0 Å². The molecule has 2 N–H and O–H groups in total. The Bertz CT molecular complexity index is 515. The molecule has 0 saturated heterocycles. The number of carboxylic acids is 1. The molecule has 0 unspecified atom stereocenters. The van der Waals surface area contributed by atoms with Crippen LogP contribution in [0, 0.1) is 5.82 Å². The number of aliphatic carboxylic acids is 1. The summed E-state index contributed by atoms with van der Waals surface area (Å²) >= 11 is 0. The maximum atomic E-state index is 14.0. The molecule has 114 valence electrons. The highest BCUT2D eigenvalue weighted by atomic mass is 19.1. The summed E-state index contributed by atoms with van der Waals surface area (Å²) in [5.74, 6) is -1.87. The summed E-state index contributed by atoms with van der Waals surface area (Å²) in [7, 11) is 0. The van der Waals surface area contributed by atoms with E-state index in [-0.39, 0.29) is 18.4 Å². The molecule has 0 bridgehead atoms. The fraction of sp³-hybridized carbons (Fsp3) is 0.467. The number of carbonyl (C=O) groups is 2. The largest absolute Gasteiger partial charge is 0.480 e. The zero-order valence-electron chi connectivity index (χ0n) is 11.7. The average Bonchev–Trinajstić information content (AvgIpc) is 2.97. The van der Waals surface area contributed by atoms with E-state index in [1.54, 1.807) is 23.1 Å². The summed E-state index contributed by atoms with van der Waals surface area (Å²) in [6.07, 6.45) is 3.96. The molecule has 0 spiro atoms. The molecule has 5 nitrogen and oxygen atoms in total. The highest BCUT2D eigenvalue weighted by Gasteiger charge is 2.26. The van der Waals surface area contributed by atoms with Gasteiger partial charge in [-0.15, -0.1) is 0 Å². The van der Waals surface area contributed by atoms with Gasteiger partial charge in [0.25, 0.3) is 0 Å². The lowest BCUT2D eigenvalue weighted by Gasteiger charge is -2.30. The van der Waals surface area contributed by atoms with Gasteiger partial charge in [0.05, 0.1) is 12.2 Å². The molecule has 0 atom stereocenters. The van der Waals surface area contributed by atoms with E-state index in [2.05, 4.69) is 5.32 Å². The standard InChI is InChI=1S/C15H19FN2O3/c16-12-7-3-4-8-13(12)18(11-5-1-2-6-11)10-14(19)17-9-15(20)21/h3-4,7-8,11H,1-2,5-6,9-10H2,(H,17,19)(H,20,21). The van der Waals surface area contributed by atoms with Crippen LogP contribution in [0.25, 0.3) is 0 Å². The Labute approximate surface area is 122 Å². The zero-order valence-corrected chi connectivity index (χ0v) is 11.7. The normalized spacial score (nSPS) is 14.9. The third-order valence-electron chi connectivity index (χ3n) is 3.68. The van der Waals surface area contributed by atoms with Crippen LogP contribution >= 0.6 is 0 Å². The smallest absolute Gasteiger partial charge is 0.322 e. The van der Waals surface area contributed by atoms with Crippen LogP contribution in [0.1, 0.15) is 25.7 Å². The molecular weight excluding hydrogens is 275 g/mol. The molecule has 1 amide bonds. The van der Waals surface area contributed by atoms with Crippen LogP contribution in [0.4, 0.5) is 10.1 Å². The Balaban J connectivity index is 2.11. The molecular formula is C15H19FN2O3. The van der Waals surface area contributed by atoms with E-state index in [1.165, 1.54) is 6.07 Å². The third kappa shape index (κ3) is 4.18. The molecule has 0 aliphatic heterocycles. The first-order valence-corrected chi connectivity index (χ1v) is 7.07. The van der Waals surface area contributed by atoms with Crippen molar-refractivity contribution in [2.75, 3.05) is 18.0 Å². The number of carbonyl (C=O) groups excluding carboxylic acids is 1. The van der Waals surface area contributed by atoms with Crippen LogP contribution < -0.4 is 10.2 Å². The van der Waals surface area contributed by atoms with Crippen molar-refractivity contribution in [3.05, 3.63) is 30.1 Å². The van der Waals surface area contributed by atoms with E-state index in [9.17, 15) is 14.0 Å². The minimum absolute atomic E-state index is 0.0289. The summed E-state index contributed by atoms with van der Waals surface area (Å²) < 4.78 is 14.0. The molecule has 1 fully saturated rings. The lowest BCUT2D eigenvalue weighted by Crippen LogP contribution is -2.43. The number of rotatable bonds is 6. The first-order chi connectivity index (χ1) is 10.1. The monoisotopic (exact) mass is 294 g/mol. The van der Waals surface area contributed by atoms with Crippen molar-refractivity contribution in [1.29, 1.82) is 0 Å². The van der Waals surface area contributed by atoms with Gasteiger partial charge in [0.15, 0.2) is 0 Å². The Morgan fingerprint density at radius 3 is 2.57 bits per heavy atom. The number of hydrogen-bond donors (Lipinski definition) is 2. The molecule has 1 aromatic rings. The number of amides is 1. The van der Waals surface area contributed by atoms with Gasteiger partial charge in [-0.05, 0) is 25.0 Å². The van der Waals surface area contributed by atoms with Crippen molar-refractivity contribution in [3.8, 4) is 0 Å². The second-order valence-electron chi connectivity index (χ2n) is 5.19. The molecule has 1 aliphatic carbocycles. The van der Waals surface area contributed by atoms with Gasteiger partial charge in [0, 0.05) is 6.04 Å². The van der Waals surface area contributed by atoms with Crippen molar-refractivity contribution >= 4 is 17.6 Å². The summed E-state index contributed by atoms with van der Waals surface area (Å²) in [6.45, 7) is -0.451. The molecule has 6 heteroatoms. The fourth-order valence-electron chi connectivity index (χ4n) is 2.70. The highest BCUT2D eigenvalue weighted by Crippen LogP contribution is 2.29. The van der Waals surface area contributed by atoms with Gasteiger partial charge in [-0.2, -0.15) is 0 Å². The van der Waals surface area contributed by atoms with Crippen LogP contribution in [0.15, 0.2) is 24.3 Å². The van der Waals surface area contributed by atoms with E-state index < -0.39 is 18.4 Å². The number of para-hydroxylation sites is 1. The van der Waals surface area contributed by atoms with Crippen LogP contribution in [0.3, 0.4) is 0 Å². The number of nitrogens with one attached hydrogen (secondary N) is 1. The summed E-state index contributed by atoms with van der Waals surface area (Å²) in [4.78, 5) is 24.1. The van der Waals surface area contributed by atoms with Gasteiger partial charge >= 0.3 is 5.97 Å². The first kappa shape index (κ1) is 15.3. The quantitative estimate of drug-likeness (QED) is 0.839. The Morgan fingerprint density at radius 2 is 1.95 bits per heavy atom. The van der Waals surface area contributed by atoms with Gasteiger partial charge in [-0.1, -0.05) is 25.0 Å². The Hall–Kier alpha value is -2.11. The van der Waals surface area contributed by atoms with E-state index in [4.69, 9.17) is 5.11 Å². The van der Waals surface area contributed by atoms with E-state index in [0.717, 1.165) is 25.7 Å². The van der Waals surface area contributed by atoms with E-state index in [1.807, 2.05) is 0 Å². The number of anilines is 1. The van der Waals surface area contributed by atoms with Crippen molar-refractivity contribution in [2.45, 2.75) is 31.7 Å². The van der Waals surface area contributed by atoms with Crippen molar-refractivity contribution < 1.29 is 19.1 Å². The van der Waals surface area contributed by atoms with Crippen LogP contribution in [-0.4, -0.2) is 36.1 Å². The van der Waals surface area contributed by atoms with Gasteiger partial charge in [0.2, 0.25) is 5.91 Å². The molecule has 0 heterocycles. The van der Waals surface area contributed by atoms with Crippen molar-refractivity contribution in [3.63, 3.8) is 0 Å². The Morgan fingerprint density at radius 1 is 1.29 bits per heavy atom. The first-order valence-electron chi connectivity index (χ1n) is 7.07. The number of halogens is 1. The second-order valence-corrected chi connectivity index (χ2v) is 5.19. The van der Waals surface area contributed by atoms with Gasteiger partial charge < -0.3 is 15.3 Å². The summed E-state index contributed by atoms with van der Waals surface area (Å²) in [5, 5.41) is 10.9. The second kappa shape index (κ2) is 7.06. The maximum absolute atomic E-state index is 14.0. The maximum Gasteiger partial charge on any atom is 0.322 e. The zero-order chi connectivity index (χ0) is 15.2. The number of carboxylic acid groups (broad SMARTS) is 1. The van der Waals surface area contributed by atoms with Crippen molar-refractivity contribution in [2.24, 2.45) is 0 Å². The van der Waals surface area contributed by atoms with Crippen LogP contribution in [0.2, 0.25) is 0 Å². The summed E-state index contributed by atoms with van der Waals surface area (Å²) in [6, 6.07) is 6.48. The number of benzene rings is 1. The fourth-order valence-corrected chi connectivity index (χ4v) is 2.70. The molecule has 1 saturated carbocycles. The van der Waals surface area contributed by atoms with Gasteiger partial charge in [-0.25, -0.2) is 4.39 Å². The van der Waals surface area contributed by atoms with Crippen LogP contribution in [-0.2, 0) is 9.59 Å². The van der Waals surface area contributed by atoms with Crippen molar-refractivity contribution in [1.82, 2.24) is 5.32 Å².